The Labute approximate surface area is 69.0 Å². The van der Waals surface area contributed by atoms with Crippen LogP contribution >= 0.6 is 0 Å². The molecule has 0 bridgehead atoms. The molecule has 0 rings (SSSR count). The predicted octanol–water partition coefficient (Wildman–Crippen LogP) is 1.69. The molecule has 0 saturated carbocycles. The van der Waals surface area contributed by atoms with E-state index >= 15 is 0 Å². The molecular weight excluding hydrogens is 142 g/mol. The Kier molecular flexibility index (Phi) is 9.77. The molecule has 0 saturated heterocycles. The average Bonchev–Trinajstić information content (AvgIpc) is 2.03. The SMILES string of the molecule is CCCCNOCOCCC. The van der Waals surface area contributed by atoms with Crippen LogP contribution in [0.1, 0.15) is 33.1 Å². The summed E-state index contributed by atoms with van der Waals surface area (Å²) in [4.78, 5) is 4.97. The summed E-state index contributed by atoms with van der Waals surface area (Å²) in [5, 5.41) is 0. The molecule has 0 aliphatic carbocycles. The van der Waals surface area contributed by atoms with Crippen LogP contribution in [0.5, 0.6) is 0 Å². The zero-order valence-corrected chi connectivity index (χ0v) is 7.56. The topological polar surface area (TPSA) is 30.5 Å². The van der Waals surface area contributed by atoms with Crippen molar-refractivity contribution in [2.75, 3.05) is 19.9 Å². The van der Waals surface area contributed by atoms with Crippen LogP contribution in [0.3, 0.4) is 0 Å². The molecule has 0 aromatic carbocycles. The summed E-state index contributed by atoms with van der Waals surface area (Å²) in [7, 11) is 0. The summed E-state index contributed by atoms with van der Waals surface area (Å²) in [5.41, 5.74) is 2.82. The van der Waals surface area contributed by atoms with E-state index in [9.17, 15) is 0 Å². The van der Waals surface area contributed by atoms with Crippen molar-refractivity contribution in [2.24, 2.45) is 0 Å². The first kappa shape index (κ1) is 10.9. The van der Waals surface area contributed by atoms with Crippen LogP contribution < -0.4 is 5.48 Å². The Morgan fingerprint density at radius 3 is 2.64 bits per heavy atom. The van der Waals surface area contributed by atoms with Gasteiger partial charge in [0.25, 0.3) is 0 Å². The third kappa shape index (κ3) is 9.88. The van der Waals surface area contributed by atoms with Crippen LogP contribution in [0.2, 0.25) is 0 Å². The van der Waals surface area contributed by atoms with Gasteiger partial charge in [-0.05, 0) is 12.8 Å². The Hall–Kier alpha value is -0.120. The highest BCUT2D eigenvalue weighted by Crippen LogP contribution is 1.83. The summed E-state index contributed by atoms with van der Waals surface area (Å²) in [6.45, 7) is 6.26. The van der Waals surface area contributed by atoms with Crippen molar-refractivity contribution in [3.63, 3.8) is 0 Å². The first-order chi connectivity index (χ1) is 5.41. The molecule has 0 aromatic rings. The fraction of sp³-hybridized carbons (Fsp3) is 1.00. The van der Waals surface area contributed by atoms with Gasteiger partial charge in [0.2, 0.25) is 0 Å². The number of nitrogens with one attached hydrogen (secondary N) is 1. The number of ether oxygens (including phenoxy) is 1. The molecule has 0 fully saturated rings. The molecule has 3 nitrogen and oxygen atoms in total. The number of hydrogen-bond donors (Lipinski definition) is 1. The minimum Gasteiger partial charge on any atom is -0.354 e. The molecule has 0 spiro atoms. The molecule has 1 N–H and O–H groups in total. The molecule has 0 unspecified atom stereocenters. The Morgan fingerprint density at radius 1 is 1.18 bits per heavy atom. The summed E-state index contributed by atoms with van der Waals surface area (Å²) in [5.74, 6) is 0. The van der Waals surface area contributed by atoms with Crippen LogP contribution in [0.4, 0.5) is 0 Å². The van der Waals surface area contributed by atoms with Crippen LogP contribution in [-0.4, -0.2) is 19.9 Å². The summed E-state index contributed by atoms with van der Waals surface area (Å²) in [6, 6.07) is 0. The van der Waals surface area contributed by atoms with E-state index in [-0.39, 0.29) is 0 Å². The lowest BCUT2D eigenvalue weighted by molar-refractivity contribution is -0.0986. The Bertz CT molecular complexity index is 61.1. The Balaban J connectivity index is 2.69. The van der Waals surface area contributed by atoms with Crippen molar-refractivity contribution >= 4 is 0 Å². The van der Waals surface area contributed by atoms with Crippen molar-refractivity contribution < 1.29 is 9.57 Å². The molecule has 68 valence electrons. The first-order valence-electron chi connectivity index (χ1n) is 4.34. The lowest BCUT2D eigenvalue weighted by Crippen LogP contribution is -2.18. The third-order valence-corrected chi connectivity index (χ3v) is 1.23. The molecule has 3 heteroatoms. The second kappa shape index (κ2) is 9.88. The van der Waals surface area contributed by atoms with Gasteiger partial charge in [-0.25, -0.2) is 0 Å². The second-order valence-electron chi connectivity index (χ2n) is 2.42. The van der Waals surface area contributed by atoms with Crippen LogP contribution in [0, 0.1) is 0 Å². The van der Waals surface area contributed by atoms with E-state index in [2.05, 4.69) is 19.3 Å². The fourth-order valence-corrected chi connectivity index (χ4v) is 0.608. The van der Waals surface area contributed by atoms with Gasteiger partial charge in [0.05, 0.1) is 0 Å². The van der Waals surface area contributed by atoms with Crippen molar-refractivity contribution in [1.82, 2.24) is 5.48 Å². The highest BCUT2D eigenvalue weighted by atomic mass is 16.7. The lowest BCUT2D eigenvalue weighted by atomic mass is 10.3. The van der Waals surface area contributed by atoms with Crippen LogP contribution in [0.15, 0.2) is 0 Å². The van der Waals surface area contributed by atoms with Crippen molar-refractivity contribution in [1.29, 1.82) is 0 Å². The van der Waals surface area contributed by atoms with Gasteiger partial charge in [-0.3, -0.25) is 4.84 Å². The number of rotatable bonds is 8. The molecule has 0 heterocycles. The normalized spacial score (nSPS) is 10.4. The maximum atomic E-state index is 5.08. The van der Waals surface area contributed by atoms with Gasteiger partial charge in [0.1, 0.15) is 0 Å². The highest BCUT2D eigenvalue weighted by molar-refractivity contribution is 4.32. The Morgan fingerprint density at radius 2 is 2.00 bits per heavy atom. The van der Waals surface area contributed by atoms with Gasteiger partial charge in [0.15, 0.2) is 6.79 Å². The van der Waals surface area contributed by atoms with Gasteiger partial charge in [-0.1, -0.05) is 20.3 Å². The fourth-order valence-electron chi connectivity index (χ4n) is 0.608. The minimum atomic E-state index is 0.359. The van der Waals surface area contributed by atoms with Crippen molar-refractivity contribution in [2.45, 2.75) is 33.1 Å². The first-order valence-corrected chi connectivity index (χ1v) is 4.34. The van der Waals surface area contributed by atoms with E-state index in [1.807, 2.05) is 0 Å². The average molecular weight is 161 g/mol. The second-order valence-corrected chi connectivity index (χ2v) is 2.42. The van der Waals surface area contributed by atoms with Gasteiger partial charge >= 0.3 is 0 Å². The molecule has 11 heavy (non-hydrogen) atoms. The largest absolute Gasteiger partial charge is 0.354 e. The highest BCUT2D eigenvalue weighted by Gasteiger charge is 1.85. The summed E-state index contributed by atoms with van der Waals surface area (Å²) >= 11 is 0. The van der Waals surface area contributed by atoms with E-state index < -0.39 is 0 Å². The van der Waals surface area contributed by atoms with Gasteiger partial charge < -0.3 is 4.74 Å². The minimum absolute atomic E-state index is 0.359. The maximum absolute atomic E-state index is 5.08. The van der Waals surface area contributed by atoms with Crippen molar-refractivity contribution in [3.8, 4) is 0 Å². The van der Waals surface area contributed by atoms with E-state index in [0.29, 0.717) is 6.79 Å². The zero-order chi connectivity index (χ0) is 8.36. The molecule has 0 aromatic heterocycles. The molecule has 0 atom stereocenters. The van der Waals surface area contributed by atoms with E-state index in [1.54, 1.807) is 0 Å². The van der Waals surface area contributed by atoms with E-state index in [0.717, 1.165) is 26.0 Å². The molecule has 0 amide bonds. The van der Waals surface area contributed by atoms with E-state index in [4.69, 9.17) is 9.57 Å². The summed E-state index contributed by atoms with van der Waals surface area (Å²) < 4.78 is 5.08. The maximum Gasteiger partial charge on any atom is 0.166 e. The zero-order valence-electron chi connectivity index (χ0n) is 7.56. The molecular formula is C8H19NO2. The number of hydroxylamine groups is 1. The van der Waals surface area contributed by atoms with E-state index in [1.165, 1.54) is 6.42 Å². The lowest BCUT2D eigenvalue weighted by Gasteiger charge is -2.04. The van der Waals surface area contributed by atoms with Crippen LogP contribution in [0.25, 0.3) is 0 Å². The third-order valence-electron chi connectivity index (χ3n) is 1.23. The number of unbranched alkanes of at least 4 members (excludes halogenated alkanes) is 1. The standard InChI is InChI=1S/C8H19NO2/c1-3-5-6-9-11-8-10-7-4-2/h9H,3-8H2,1-2H3. The smallest absolute Gasteiger partial charge is 0.166 e. The van der Waals surface area contributed by atoms with Gasteiger partial charge in [-0.15, -0.1) is 0 Å². The summed E-state index contributed by atoms with van der Waals surface area (Å²) in [6.07, 6.45) is 3.37. The van der Waals surface area contributed by atoms with Gasteiger partial charge in [0, 0.05) is 13.2 Å². The van der Waals surface area contributed by atoms with Crippen LogP contribution in [-0.2, 0) is 9.57 Å². The molecule has 0 radical (unpaired) electrons. The van der Waals surface area contributed by atoms with Crippen molar-refractivity contribution in [3.05, 3.63) is 0 Å². The quantitative estimate of drug-likeness (QED) is 0.334. The molecule has 0 aliphatic heterocycles. The van der Waals surface area contributed by atoms with Gasteiger partial charge in [-0.2, -0.15) is 5.48 Å². The monoisotopic (exact) mass is 161 g/mol. The molecule has 0 aliphatic rings. The number of hydrogen-bond acceptors (Lipinski definition) is 3. The predicted molar refractivity (Wildman–Crippen MR) is 45.1 cm³/mol.